The summed E-state index contributed by atoms with van der Waals surface area (Å²) in [7, 11) is 1.91. The Labute approximate surface area is 161 Å². The Balaban J connectivity index is 0.00000338. The molecule has 0 amide bonds. The Hall–Kier alpha value is -2.05. The maximum Gasteiger partial charge on any atom is 0.250 e. The number of nitrogens with zero attached hydrogens (tertiary/aromatic N) is 2. The molecule has 1 aromatic heterocycles. The summed E-state index contributed by atoms with van der Waals surface area (Å²) in [5, 5.41) is 7.14. The Morgan fingerprint density at radius 1 is 1.19 bits per heavy atom. The van der Waals surface area contributed by atoms with Crippen LogP contribution < -0.4 is 14.8 Å². The SMILES string of the molecule is CCCOc1ccc(/C=C/c2nc(CC(C)NC)no2)cc1OCC.Cl. The Kier molecular flexibility index (Phi) is 9.76. The molecule has 2 rings (SSSR count). The molecule has 0 aliphatic heterocycles. The zero-order valence-corrected chi connectivity index (χ0v) is 16.6. The second kappa shape index (κ2) is 11.5. The van der Waals surface area contributed by atoms with Gasteiger partial charge in [-0.3, -0.25) is 0 Å². The largest absolute Gasteiger partial charge is 0.490 e. The predicted octanol–water partition coefficient (Wildman–Crippen LogP) is 4.00. The van der Waals surface area contributed by atoms with Crippen molar-refractivity contribution < 1.29 is 14.0 Å². The van der Waals surface area contributed by atoms with Crippen LogP contribution in [0.4, 0.5) is 0 Å². The van der Waals surface area contributed by atoms with E-state index in [9.17, 15) is 0 Å². The van der Waals surface area contributed by atoms with Crippen LogP contribution in [0.5, 0.6) is 11.5 Å². The minimum absolute atomic E-state index is 0. The van der Waals surface area contributed by atoms with E-state index >= 15 is 0 Å². The van der Waals surface area contributed by atoms with E-state index in [2.05, 4.69) is 29.3 Å². The molecule has 0 bridgehead atoms. The van der Waals surface area contributed by atoms with Crippen molar-refractivity contribution in [3.63, 3.8) is 0 Å². The quantitative estimate of drug-likeness (QED) is 0.670. The molecule has 6 nitrogen and oxygen atoms in total. The summed E-state index contributed by atoms with van der Waals surface area (Å²) in [5.41, 5.74) is 0.982. The molecule has 1 aromatic carbocycles. The van der Waals surface area contributed by atoms with E-state index in [1.165, 1.54) is 0 Å². The van der Waals surface area contributed by atoms with Gasteiger partial charge in [0.15, 0.2) is 17.3 Å². The molecule has 26 heavy (non-hydrogen) atoms. The number of nitrogens with one attached hydrogen (secondary N) is 1. The van der Waals surface area contributed by atoms with Gasteiger partial charge in [-0.25, -0.2) is 0 Å². The van der Waals surface area contributed by atoms with Gasteiger partial charge < -0.3 is 19.3 Å². The van der Waals surface area contributed by atoms with Crippen molar-refractivity contribution in [1.29, 1.82) is 0 Å². The summed E-state index contributed by atoms with van der Waals surface area (Å²) in [6, 6.07) is 6.16. The van der Waals surface area contributed by atoms with Crippen LogP contribution in [0, 0.1) is 0 Å². The number of hydrogen-bond donors (Lipinski definition) is 1. The molecule has 7 heteroatoms. The highest BCUT2D eigenvalue weighted by molar-refractivity contribution is 5.85. The van der Waals surface area contributed by atoms with Gasteiger partial charge in [-0.2, -0.15) is 4.98 Å². The Bertz CT molecular complexity index is 688. The minimum atomic E-state index is 0. The molecule has 0 saturated heterocycles. The first-order valence-corrected chi connectivity index (χ1v) is 8.73. The number of ether oxygens (including phenoxy) is 2. The zero-order valence-electron chi connectivity index (χ0n) is 15.8. The number of hydrogen-bond acceptors (Lipinski definition) is 6. The third kappa shape index (κ3) is 6.69. The number of aromatic nitrogens is 2. The summed E-state index contributed by atoms with van der Waals surface area (Å²) in [6.45, 7) is 7.37. The summed E-state index contributed by atoms with van der Waals surface area (Å²) in [6.07, 6.45) is 5.41. The lowest BCUT2D eigenvalue weighted by Gasteiger charge is -2.11. The number of rotatable bonds is 10. The fourth-order valence-corrected chi connectivity index (χ4v) is 2.19. The predicted molar refractivity (Wildman–Crippen MR) is 106 cm³/mol. The molecular weight excluding hydrogens is 354 g/mol. The second-order valence-electron chi connectivity index (χ2n) is 5.76. The van der Waals surface area contributed by atoms with Crippen LogP contribution >= 0.6 is 12.4 Å². The van der Waals surface area contributed by atoms with Crippen LogP contribution in [0.3, 0.4) is 0 Å². The normalized spacial score (nSPS) is 12.0. The summed E-state index contributed by atoms with van der Waals surface area (Å²) < 4.78 is 16.6. The average Bonchev–Trinajstić information content (AvgIpc) is 3.06. The molecule has 1 unspecified atom stereocenters. The van der Waals surface area contributed by atoms with E-state index in [0.717, 1.165) is 29.9 Å². The first-order chi connectivity index (χ1) is 12.2. The van der Waals surface area contributed by atoms with Crippen LogP contribution in [0.2, 0.25) is 0 Å². The highest BCUT2D eigenvalue weighted by atomic mass is 35.5. The van der Waals surface area contributed by atoms with E-state index in [1.807, 2.05) is 38.2 Å². The minimum Gasteiger partial charge on any atom is -0.490 e. The first-order valence-electron chi connectivity index (χ1n) is 8.73. The summed E-state index contributed by atoms with van der Waals surface area (Å²) in [5.74, 6) is 2.69. The van der Waals surface area contributed by atoms with Crippen LogP contribution in [0.25, 0.3) is 12.2 Å². The van der Waals surface area contributed by atoms with Crippen molar-refractivity contribution in [2.24, 2.45) is 0 Å². The molecule has 0 aliphatic carbocycles. The van der Waals surface area contributed by atoms with E-state index < -0.39 is 0 Å². The lowest BCUT2D eigenvalue weighted by atomic mass is 10.2. The lowest BCUT2D eigenvalue weighted by Crippen LogP contribution is -2.24. The number of halogens is 1. The molecular formula is C19H28ClN3O3. The number of likely N-dealkylation sites (N-methyl/N-ethyl adjacent to an activating group) is 1. The van der Waals surface area contributed by atoms with Gasteiger partial charge in [-0.15, -0.1) is 12.4 Å². The highest BCUT2D eigenvalue weighted by Gasteiger charge is 2.08. The fraction of sp³-hybridized carbons (Fsp3) is 0.474. The third-order valence-electron chi connectivity index (χ3n) is 3.61. The van der Waals surface area contributed by atoms with Gasteiger partial charge in [0.05, 0.1) is 13.2 Å². The van der Waals surface area contributed by atoms with Crippen molar-refractivity contribution in [3.05, 3.63) is 35.5 Å². The molecule has 1 atom stereocenters. The molecule has 0 radical (unpaired) electrons. The Morgan fingerprint density at radius 2 is 2.00 bits per heavy atom. The molecule has 0 saturated carbocycles. The van der Waals surface area contributed by atoms with Gasteiger partial charge in [0, 0.05) is 18.5 Å². The molecule has 0 spiro atoms. The first kappa shape index (κ1) is 22.0. The van der Waals surface area contributed by atoms with Gasteiger partial charge >= 0.3 is 0 Å². The van der Waals surface area contributed by atoms with Gasteiger partial charge in [0.1, 0.15) is 0 Å². The average molecular weight is 382 g/mol. The number of benzene rings is 1. The van der Waals surface area contributed by atoms with Crippen LogP contribution in [0.15, 0.2) is 22.7 Å². The topological polar surface area (TPSA) is 69.4 Å². The summed E-state index contributed by atoms with van der Waals surface area (Å²) in [4.78, 5) is 4.37. The van der Waals surface area contributed by atoms with Crippen molar-refractivity contribution in [3.8, 4) is 11.5 Å². The standard InChI is InChI=1S/C19H27N3O3.ClH/c1-5-11-24-16-9-7-15(13-17(16)23-6-2)8-10-19-21-18(22-25-19)12-14(3)20-4;/h7-10,13-14,20H,5-6,11-12H2,1-4H3;1H/b10-8+;. The molecule has 1 heterocycles. The van der Waals surface area contributed by atoms with Crippen LogP contribution in [-0.4, -0.2) is 36.4 Å². The van der Waals surface area contributed by atoms with Crippen LogP contribution in [-0.2, 0) is 6.42 Å². The van der Waals surface area contributed by atoms with Crippen molar-refractivity contribution in [1.82, 2.24) is 15.5 Å². The van der Waals surface area contributed by atoms with E-state index in [4.69, 9.17) is 14.0 Å². The Morgan fingerprint density at radius 3 is 2.69 bits per heavy atom. The van der Waals surface area contributed by atoms with E-state index in [-0.39, 0.29) is 12.4 Å². The van der Waals surface area contributed by atoms with Gasteiger partial charge in [-0.05, 0) is 51.1 Å². The van der Waals surface area contributed by atoms with E-state index in [1.54, 1.807) is 6.08 Å². The fourth-order valence-electron chi connectivity index (χ4n) is 2.19. The van der Waals surface area contributed by atoms with E-state index in [0.29, 0.717) is 31.0 Å². The molecule has 1 N–H and O–H groups in total. The molecule has 0 fully saturated rings. The smallest absolute Gasteiger partial charge is 0.250 e. The van der Waals surface area contributed by atoms with Crippen molar-refractivity contribution >= 4 is 24.6 Å². The van der Waals surface area contributed by atoms with Crippen LogP contribution in [0.1, 0.15) is 44.5 Å². The zero-order chi connectivity index (χ0) is 18.1. The molecule has 0 aliphatic rings. The second-order valence-corrected chi connectivity index (χ2v) is 5.76. The van der Waals surface area contributed by atoms with Gasteiger partial charge in [-0.1, -0.05) is 18.1 Å². The third-order valence-corrected chi connectivity index (χ3v) is 3.61. The monoisotopic (exact) mass is 381 g/mol. The highest BCUT2D eigenvalue weighted by Crippen LogP contribution is 2.29. The van der Waals surface area contributed by atoms with Gasteiger partial charge in [0.2, 0.25) is 0 Å². The molecule has 144 valence electrons. The van der Waals surface area contributed by atoms with Crippen molar-refractivity contribution in [2.45, 2.75) is 39.7 Å². The van der Waals surface area contributed by atoms with Gasteiger partial charge in [0.25, 0.3) is 5.89 Å². The maximum absolute atomic E-state index is 5.71. The maximum atomic E-state index is 5.71. The lowest BCUT2D eigenvalue weighted by molar-refractivity contribution is 0.277. The van der Waals surface area contributed by atoms with Crippen molar-refractivity contribution in [2.75, 3.05) is 20.3 Å². The molecule has 2 aromatic rings. The summed E-state index contributed by atoms with van der Waals surface area (Å²) >= 11 is 0.